The maximum atomic E-state index is 11.7. The first kappa shape index (κ1) is 11.8. The summed E-state index contributed by atoms with van der Waals surface area (Å²) >= 11 is 0. The summed E-state index contributed by atoms with van der Waals surface area (Å²) in [5.41, 5.74) is 5.58. The van der Waals surface area contributed by atoms with Gasteiger partial charge in [0.05, 0.1) is 6.04 Å². The van der Waals surface area contributed by atoms with Crippen LogP contribution in [0.2, 0.25) is 0 Å². The number of amides is 1. The van der Waals surface area contributed by atoms with Crippen molar-refractivity contribution in [1.82, 2.24) is 14.9 Å². The van der Waals surface area contributed by atoms with Gasteiger partial charge in [0.15, 0.2) is 0 Å². The maximum absolute atomic E-state index is 11.7. The Labute approximate surface area is 100 Å². The summed E-state index contributed by atoms with van der Waals surface area (Å²) in [7, 11) is 0. The van der Waals surface area contributed by atoms with Gasteiger partial charge in [0.2, 0.25) is 11.9 Å². The second-order valence-electron chi connectivity index (χ2n) is 4.15. The van der Waals surface area contributed by atoms with E-state index in [9.17, 15) is 4.79 Å². The monoisotopic (exact) mass is 235 g/mol. The zero-order valence-corrected chi connectivity index (χ0v) is 9.91. The molecule has 0 aromatic carbocycles. The maximum Gasteiger partial charge on any atom is 0.239 e. The molecule has 0 bridgehead atoms. The average molecular weight is 235 g/mol. The normalized spacial score (nSPS) is 18.0. The first-order valence-electron chi connectivity index (χ1n) is 5.75. The number of nitrogens with zero attached hydrogens (tertiary/aromatic N) is 4. The van der Waals surface area contributed by atoms with E-state index in [0.717, 1.165) is 19.0 Å². The molecule has 0 radical (unpaired) electrons. The predicted molar refractivity (Wildman–Crippen MR) is 64.5 cm³/mol. The lowest BCUT2D eigenvalue weighted by Gasteiger charge is -2.35. The number of hydrogen-bond acceptors (Lipinski definition) is 5. The number of aromatic nitrogens is 2. The van der Waals surface area contributed by atoms with Crippen LogP contribution in [0.5, 0.6) is 0 Å². The minimum Gasteiger partial charge on any atom is -0.338 e. The van der Waals surface area contributed by atoms with E-state index in [1.54, 1.807) is 30.3 Å². The van der Waals surface area contributed by atoms with Gasteiger partial charge in [0.1, 0.15) is 0 Å². The number of nitrogens with two attached hydrogens (primary N) is 1. The Morgan fingerprint density at radius 1 is 1.29 bits per heavy atom. The molecule has 0 saturated carbocycles. The van der Waals surface area contributed by atoms with Gasteiger partial charge in [-0.25, -0.2) is 9.97 Å². The molecular weight excluding hydrogens is 218 g/mol. The molecule has 2 heterocycles. The smallest absolute Gasteiger partial charge is 0.239 e. The Bertz CT molecular complexity index is 373. The van der Waals surface area contributed by atoms with E-state index in [0.29, 0.717) is 13.1 Å². The van der Waals surface area contributed by atoms with E-state index >= 15 is 0 Å². The van der Waals surface area contributed by atoms with Crippen LogP contribution in [0.15, 0.2) is 18.5 Å². The summed E-state index contributed by atoms with van der Waals surface area (Å²) in [6, 6.07) is 1.37. The van der Waals surface area contributed by atoms with E-state index in [4.69, 9.17) is 5.73 Å². The largest absolute Gasteiger partial charge is 0.338 e. The fraction of sp³-hybridized carbons (Fsp3) is 0.545. The predicted octanol–water partition coefficient (Wildman–Crippen LogP) is -0.528. The van der Waals surface area contributed by atoms with E-state index in [-0.39, 0.29) is 5.91 Å². The molecule has 1 amide bonds. The SMILES string of the molecule is C[C@H](N)C(=O)N1CCN(c2ncccn2)CC1. The highest BCUT2D eigenvalue weighted by atomic mass is 16.2. The molecule has 2 N–H and O–H groups in total. The summed E-state index contributed by atoms with van der Waals surface area (Å²) in [6.45, 7) is 4.58. The average Bonchev–Trinajstić information content (AvgIpc) is 2.39. The van der Waals surface area contributed by atoms with Gasteiger partial charge in [-0.1, -0.05) is 0 Å². The summed E-state index contributed by atoms with van der Waals surface area (Å²) < 4.78 is 0. The Kier molecular flexibility index (Phi) is 3.53. The molecule has 6 nitrogen and oxygen atoms in total. The molecule has 1 fully saturated rings. The van der Waals surface area contributed by atoms with Gasteiger partial charge in [-0.2, -0.15) is 0 Å². The third kappa shape index (κ3) is 2.71. The van der Waals surface area contributed by atoms with Crippen molar-refractivity contribution in [1.29, 1.82) is 0 Å². The standard InChI is InChI=1S/C11H17N5O/c1-9(12)10(17)15-5-7-16(8-6-15)11-13-3-2-4-14-11/h2-4,9H,5-8,12H2,1H3/t9-/m0/s1. The lowest BCUT2D eigenvalue weighted by molar-refractivity contribution is -0.132. The Balaban J connectivity index is 1.93. The van der Waals surface area contributed by atoms with Crippen molar-refractivity contribution in [2.24, 2.45) is 5.73 Å². The van der Waals surface area contributed by atoms with Crippen molar-refractivity contribution in [3.05, 3.63) is 18.5 Å². The molecule has 1 aromatic heterocycles. The number of piperazine rings is 1. The van der Waals surface area contributed by atoms with Gasteiger partial charge < -0.3 is 15.5 Å². The van der Waals surface area contributed by atoms with Crippen LogP contribution in [0.25, 0.3) is 0 Å². The molecule has 1 aromatic rings. The zero-order chi connectivity index (χ0) is 12.3. The highest BCUT2D eigenvalue weighted by Gasteiger charge is 2.23. The lowest BCUT2D eigenvalue weighted by atomic mass is 10.2. The van der Waals surface area contributed by atoms with Crippen molar-refractivity contribution >= 4 is 11.9 Å². The van der Waals surface area contributed by atoms with Gasteiger partial charge in [-0.3, -0.25) is 4.79 Å². The quantitative estimate of drug-likeness (QED) is 0.746. The molecule has 92 valence electrons. The summed E-state index contributed by atoms with van der Waals surface area (Å²) in [5, 5.41) is 0. The van der Waals surface area contributed by atoms with Crippen LogP contribution in [-0.2, 0) is 4.79 Å². The molecule has 1 aliphatic heterocycles. The second-order valence-corrected chi connectivity index (χ2v) is 4.15. The Hall–Kier alpha value is -1.69. The molecule has 1 atom stereocenters. The van der Waals surface area contributed by atoms with E-state index in [2.05, 4.69) is 14.9 Å². The number of anilines is 1. The van der Waals surface area contributed by atoms with E-state index < -0.39 is 6.04 Å². The van der Waals surface area contributed by atoms with Gasteiger partial charge >= 0.3 is 0 Å². The zero-order valence-electron chi connectivity index (χ0n) is 9.91. The van der Waals surface area contributed by atoms with Gasteiger partial charge in [-0.05, 0) is 13.0 Å². The fourth-order valence-electron chi connectivity index (χ4n) is 1.87. The molecule has 1 saturated heterocycles. The van der Waals surface area contributed by atoms with Crippen LogP contribution in [0, 0.1) is 0 Å². The first-order chi connectivity index (χ1) is 8.18. The topological polar surface area (TPSA) is 75.4 Å². The highest BCUT2D eigenvalue weighted by Crippen LogP contribution is 2.09. The number of rotatable bonds is 2. The molecule has 2 rings (SSSR count). The molecule has 6 heteroatoms. The highest BCUT2D eigenvalue weighted by molar-refractivity contribution is 5.81. The minimum atomic E-state index is -0.422. The number of carbonyl (C=O) groups excluding carboxylic acids is 1. The van der Waals surface area contributed by atoms with Crippen molar-refractivity contribution in [3.63, 3.8) is 0 Å². The molecule has 1 aliphatic rings. The molecule has 0 unspecified atom stereocenters. The van der Waals surface area contributed by atoms with Crippen molar-refractivity contribution in [3.8, 4) is 0 Å². The summed E-state index contributed by atoms with van der Waals surface area (Å²) in [6.07, 6.45) is 3.45. The van der Waals surface area contributed by atoms with E-state index in [1.807, 2.05) is 0 Å². The summed E-state index contributed by atoms with van der Waals surface area (Å²) in [4.78, 5) is 24.0. The first-order valence-corrected chi connectivity index (χ1v) is 5.75. The van der Waals surface area contributed by atoms with E-state index in [1.165, 1.54) is 0 Å². The summed E-state index contributed by atoms with van der Waals surface area (Å²) in [5.74, 6) is 0.735. The Morgan fingerprint density at radius 2 is 1.88 bits per heavy atom. The minimum absolute atomic E-state index is 0.0126. The van der Waals surface area contributed by atoms with Crippen LogP contribution in [0.4, 0.5) is 5.95 Å². The molecule has 0 spiro atoms. The van der Waals surface area contributed by atoms with Crippen molar-refractivity contribution in [2.45, 2.75) is 13.0 Å². The Morgan fingerprint density at radius 3 is 2.41 bits per heavy atom. The van der Waals surface area contributed by atoms with Gasteiger partial charge in [0.25, 0.3) is 0 Å². The molecular formula is C11H17N5O. The fourth-order valence-corrected chi connectivity index (χ4v) is 1.87. The van der Waals surface area contributed by atoms with Gasteiger partial charge in [-0.15, -0.1) is 0 Å². The van der Waals surface area contributed by atoms with Gasteiger partial charge in [0, 0.05) is 38.6 Å². The third-order valence-corrected chi connectivity index (χ3v) is 2.82. The van der Waals surface area contributed by atoms with Crippen molar-refractivity contribution in [2.75, 3.05) is 31.1 Å². The molecule has 0 aliphatic carbocycles. The lowest BCUT2D eigenvalue weighted by Crippen LogP contribution is -2.52. The number of carbonyl (C=O) groups is 1. The van der Waals surface area contributed by atoms with Crippen LogP contribution in [0.3, 0.4) is 0 Å². The second kappa shape index (κ2) is 5.09. The van der Waals surface area contributed by atoms with Crippen LogP contribution < -0.4 is 10.6 Å². The van der Waals surface area contributed by atoms with Crippen LogP contribution in [0.1, 0.15) is 6.92 Å². The molecule has 17 heavy (non-hydrogen) atoms. The van der Waals surface area contributed by atoms with Crippen molar-refractivity contribution < 1.29 is 4.79 Å². The van der Waals surface area contributed by atoms with Crippen LogP contribution >= 0.6 is 0 Å². The van der Waals surface area contributed by atoms with Crippen LogP contribution in [-0.4, -0.2) is 53.0 Å². The third-order valence-electron chi connectivity index (χ3n) is 2.82. The number of hydrogen-bond donors (Lipinski definition) is 1.